The van der Waals surface area contributed by atoms with Gasteiger partial charge in [-0.2, -0.15) is 0 Å². The van der Waals surface area contributed by atoms with Crippen LogP contribution in [0.25, 0.3) is 0 Å². The van der Waals surface area contributed by atoms with Gasteiger partial charge in [0.05, 0.1) is 0 Å². The van der Waals surface area contributed by atoms with Crippen molar-refractivity contribution >= 4 is 41.3 Å². The van der Waals surface area contributed by atoms with E-state index >= 15 is 0 Å². The lowest BCUT2D eigenvalue weighted by atomic mass is 10.1. The highest BCUT2D eigenvalue weighted by atomic mass is 127. The minimum atomic E-state index is 0. The van der Waals surface area contributed by atoms with Gasteiger partial charge in [0, 0.05) is 30.4 Å². The van der Waals surface area contributed by atoms with Crippen LogP contribution in [0.3, 0.4) is 0 Å². The molecule has 0 aliphatic heterocycles. The van der Waals surface area contributed by atoms with Crippen LogP contribution in [0.4, 0.5) is 0 Å². The number of aliphatic imine (C=N–C) groups is 1. The van der Waals surface area contributed by atoms with E-state index in [0.717, 1.165) is 12.5 Å². The van der Waals surface area contributed by atoms with Crippen molar-refractivity contribution in [3.63, 3.8) is 0 Å². The Morgan fingerprint density at radius 2 is 2.21 bits per heavy atom. The molecular formula is C14H24IN3S. The quantitative estimate of drug-likeness (QED) is 0.466. The van der Waals surface area contributed by atoms with Gasteiger partial charge in [-0.15, -0.1) is 35.3 Å². The second-order valence-corrected chi connectivity index (χ2v) is 5.97. The summed E-state index contributed by atoms with van der Waals surface area (Å²) in [6.07, 6.45) is 5.25. The largest absolute Gasteiger partial charge is 0.356 e. The van der Waals surface area contributed by atoms with Crippen LogP contribution in [0.5, 0.6) is 0 Å². The van der Waals surface area contributed by atoms with E-state index in [-0.39, 0.29) is 24.0 Å². The molecule has 0 radical (unpaired) electrons. The minimum absolute atomic E-state index is 0. The zero-order chi connectivity index (χ0) is 12.8. The fraction of sp³-hybridized carbons (Fsp3) is 0.643. The summed E-state index contributed by atoms with van der Waals surface area (Å²) in [5.41, 5.74) is 0. The smallest absolute Gasteiger partial charge is 0.191 e. The molecule has 19 heavy (non-hydrogen) atoms. The summed E-state index contributed by atoms with van der Waals surface area (Å²) < 4.78 is 0. The van der Waals surface area contributed by atoms with E-state index in [0.29, 0.717) is 12.0 Å². The maximum Gasteiger partial charge on any atom is 0.191 e. The van der Waals surface area contributed by atoms with Crippen molar-refractivity contribution in [3.05, 3.63) is 22.4 Å². The van der Waals surface area contributed by atoms with E-state index < -0.39 is 0 Å². The molecule has 1 heterocycles. The molecule has 1 saturated carbocycles. The van der Waals surface area contributed by atoms with Crippen molar-refractivity contribution in [2.24, 2.45) is 4.99 Å². The normalized spacial score (nSPS) is 17.9. The number of nitrogens with zero attached hydrogens (tertiary/aromatic N) is 1. The monoisotopic (exact) mass is 393 g/mol. The Morgan fingerprint density at radius 1 is 1.47 bits per heavy atom. The highest BCUT2D eigenvalue weighted by molar-refractivity contribution is 14.0. The van der Waals surface area contributed by atoms with Crippen LogP contribution < -0.4 is 10.6 Å². The van der Waals surface area contributed by atoms with Crippen molar-refractivity contribution in [2.75, 3.05) is 13.6 Å². The molecule has 1 aromatic rings. The van der Waals surface area contributed by atoms with Gasteiger partial charge < -0.3 is 10.6 Å². The van der Waals surface area contributed by atoms with Gasteiger partial charge in [0.2, 0.25) is 0 Å². The Hall–Kier alpha value is -0.300. The molecular weight excluding hydrogens is 369 g/mol. The van der Waals surface area contributed by atoms with E-state index in [1.54, 1.807) is 0 Å². The van der Waals surface area contributed by atoms with Crippen molar-refractivity contribution in [1.82, 2.24) is 10.6 Å². The van der Waals surface area contributed by atoms with E-state index in [1.807, 2.05) is 18.4 Å². The first kappa shape index (κ1) is 16.8. The second-order valence-electron chi connectivity index (χ2n) is 5.00. The van der Waals surface area contributed by atoms with Crippen LogP contribution in [0.15, 0.2) is 22.5 Å². The van der Waals surface area contributed by atoms with E-state index in [9.17, 15) is 0 Å². The number of rotatable bonds is 4. The molecule has 1 aliphatic rings. The summed E-state index contributed by atoms with van der Waals surface area (Å²) in [7, 11) is 1.85. The number of halogens is 1. The van der Waals surface area contributed by atoms with Gasteiger partial charge in [0.1, 0.15) is 0 Å². The Morgan fingerprint density at radius 3 is 2.79 bits per heavy atom. The molecule has 0 bridgehead atoms. The Kier molecular flexibility index (Phi) is 7.75. The highest BCUT2D eigenvalue weighted by Crippen LogP contribution is 2.20. The van der Waals surface area contributed by atoms with Gasteiger partial charge in [-0.3, -0.25) is 4.99 Å². The summed E-state index contributed by atoms with van der Waals surface area (Å²) in [6, 6.07) is 4.93. The summed E-state index contributed by atoms with van der Waals surface area (Å²) in [5, 5.41) is 9.07. The fourth-order valence-electron chi connectivity index (χ4n) is 2.38. The molecule has 0 saturated heterocycles. The first-order chi connectivity index (χ1) is 8.79. The standard InChI is InChI=1S/C14H23N3S.HI/c1-11(13-8-5-9-18-13)10-16-14(15-2)17-12-6-3-4-7-12;/h5,8-9,11-12H,3-4,6-7,10H2,1-2H3,(H2,15,16,17);1H. The van der Waals surface area contributed by atoms with Crippen molar-refractivity contribution in [2.45, 2.75) is 44.6 Å². The Labute approximate surface area is 137 Å². The number of guanidine groups is 1. The predicted octanol–water partition coefficient (Wildman–Crippen LogP) is 3.58. The molecule has 2 N–H and O–H groups in total. The van der Waals surface area contributed by atoms with Gasteiger partial charge >= 0.3 is 0 Å². The van der Waals surface area contributed by atoms with E-state index in [1.165, 1.54) is 30.6 Å². The molecule has 1 aromatic heterocycles. The van der Waals surface area contributed by atoms with Crippen molar-refractivity contribution < 1.29 is 0 Å². The zero-order valence-electron chi connectivity index (χ0n) is 11.7. The summed E-state index contributed by atoms with van der Waals surface area (Å²) in [6.45, 7) is 3.19. The zero-order valence-corrected chi connectivity index (χ0v) is 14.8. The third-order valence-corrected chi connectivity index (χ3v) is 4.63. The average molecular weight is 393 g/mol. The Balaban J connectivity index is 0.00000180. The lowest BCUT2D eigenvalue weighted by Gasteiger charge is -2.18. The molecule has 108 valence electrons. The molecule has 0 spiro atoms. The number of hydrogen-bond acceptors (Lipinski definition) is 2. The topological polar surface area (TPSA) is 36.4 Å². The van der Waals surface area contributed by atoms with Gasteiger partial charge in [0.15, 0.2) is 5.96 Å². The first-order valence-corrected chi connectivity index (χ1v) is 7.68. The maximum absolute atomic E-state index is 4.30. The molecule has 1 atom stereocenters. The number of thiophene rings is 1. The third-order valence-electron chi connectivity index (χ3n) is 3.52. The van der Waals surface area contributed by atoms with Crippen LogP contribution in [0.2, 0.25) is 0 Å². The van der Waals surface area contributed by atoms with Crippen LogP contribution in [-0.4, -0.2) is 25.6 Å². The van der Waals surface area contributed by atoms with E-state index in [4.69, 9.17) is 0 Å². The lowest BCUT2D eigenvalue weighted by Crippen LogP contribution is -2.43. The lowest BCUT2D eigenvalue weighted by molar-refractivity contribution is 0.606. The third kappa shape index (κ3) is 5.30. The Bertz CT molecular complexity index is 372. The van der Waals surface area contributed by atoms with Gasteiger partial charge in [0.25, 0.3) is 0 Å². The van der Waals surface area contributed by atoms with Crippen LogP contribution in [0, 0.1) is 0 Å². The van der Waals surface area contributed by atoms with E-state index in [2.05, 4.69) is 40.1 Å². The number of nitrogens with one attached hydrogen (secondary N) is 2. The highest BCUT2D eigenvalue weighted by Gasteiger charge is 2.16. The fourth-order valence-corrected chi connectivity index (χ4v) is 3.17. The van der Waals surface area contributed by atoms with Crippen LogP contribution in [-0.2, 0) is 0 Å². The molecule has 1 aliphatic carbocycles. The minimum Gasteiger partial charge on any atom is -0.356 e. The molecule has 3 nitrogen and oxygen atoms in total. The van der Waals surface area contributed by atoms with Crippen molar-refractivity contribution in [3.8, 4) is 0 Å². The van der Waals surface area contributed by atoms with Crippen LogP contribution in [0.1, 0.15) is 43.4 Å². The predicted molar refractivity (Wildman–Crippen MR) is 94.9 cm³/mol. The average Bonchev–Trinajstić information content (AvgIpc) is 3.06. The molecule has 0 amide bonds. The summed E-state index contributed by atoms with van der Waals surface area (Å²) in [4.78, 5) is 5.73. The molecule has 1 unspecified atom stereocenters. The summed E-state index contributed by atoms with van der Waals surface area (Å²) >= 11 is 1.82. The first-order valence-electron chi connectivity index (χ1n) is 6.80. The molecule has 5 heteroatoms. The SMILES string of the molecule is CN=C(NCC(C)c1cccs1)NC1CCCC1.I. The van der Waals surface area contributed by atoms with Gasteiger partial charge in [-0.25, -0.2) is 0 Å². The molecule has 2 rings (SSSR count). The number of hydrogen-bond donors (Lipinski definition) is 2. The van der Waals surface area contributed by atoms with Gasteiger partial charge in [-0.1, -0.05) is 25.8 Å². The van der Waals surface area contributed by atoms with Crippen LogP contribution >= 0.6 is 35.3 Å². The van der Waals surface area contributed by atoms with Crippen molar-refractivity contribution in [1.29, 1.82) is 0 Å². The maximum atomic E-state index is 4.30. The van der Waals surface area contributed by atoms with Gasteiger partial charge in [-0.05, 0) is 24.3 Å². The summed E-state index contributed by atoms with van der Waals surface area (Å²) in [5.74, 6) is 1.48. The molecule has 1 fully saturated rings. The second kappa shape index (κ2) is 8.79. The molecule has 0 aromatic carbocycles.